The molecule has 0 heterocycles. The van der Waals surface area contributed by atoms with Crippen LogP contribution in [0.5, 0.6) is 11.5 Å². The van der Waals surface area contributed by atoms with Crippen molar-refractivity contribution in [3.63, 3.8) is 0 Å². The summed E-state index contributed by atoms with van der Waals surface area (Å²) in [5, 5.41) is 2.83. The molecule has 1 aromatic rings. The molecule has 0 radical (unpaired) electrons. The third kappa shape index (κ3) is 6.17. The summed E-state index contributed by atoms with van der Waals surface area (Å²) in [5.74, 6) is 1.61. The maximum Gasteiger partial charge on any atom is 0.244 e. The lowest BCUT2D eigenvalue weighted by Gasteiger charge is -2.09. The molecule has 1 amide bonds. The number of carbonyl (C=O) groups is 1. The Morgan fingerprint density at radius 2 is 2.14 bits per heavy atom. The van der Waals surface area contributed by atoms with E-state index in [9.17, 15) is 4.79 Å². The molecule has 0 aliphatic carbocycles. The quantitative estimate of drug-likeness (QED) is 0.591. The number of nitrogens with one attached hydrogen (secondary N) is 1. The van der Waals surface area contributed by atoms with Gasteiger partial charge in [0, 0.05) is 12.6 Å². The first-order valence-corrected chi connectivity index (χ1v) is 6.94. The molecule has 114 valence electrons. The summed E-state index contributed by atoms with van der Waals surface area (Å²) in [4.78, 5) is 11.6. The molecule has 4 heteroatoms. The molecule has 0 aromatic heterocycles. The molecule has 0 unspecified atom stereocenters. The number of ether oxygens (including phenoxy) is 2. The molecular formula is C17H23NO3. The Labute approximate surface area is 126 Å². The lowest BCUT2D eigenvalue weighted by Crippen LogP contribution is -2.25. The molecule has 0 aliphatic heterocycles. The molecule has 0 saturated carbocycles. The van der Waals surface area contributed by atoms with Gasteiger partial charge in [-0.05, 0) is 29.7 Å². The van der Waals surface area contributed by atoms with Crippen molar-refractivity contribution >= 4 is 12.0 Å². The third-order valence-corrected chi connectivity index (χ3v) is 2.66. The van der Waals surface area contributed by atoms with E-state index in [-0.39, 0.29) is 5.91 Å². The summed E-state index contributed by atoms with van der Waals surface area (Å²) in [6.07, 6.45) is 4.93. The van der Waals surface area contributed by atoms with Gasteiger partial charge in [0.05, 0.1) is 7.11 Å². The Kier molecular flexibility index (Phi) is 7.09. The van der Waals surface area contributed by atoms with E-state index in [4.69, 9.17) is 9.47 Å². The van der Waals surface area contributed by atoms with Crippen molar-refractivity contribution in [2.45, 2.75) is 13.8 Å². The molecule has 0 atom stereocenters. The van der Waals surface area contributed by atoms with Crippen molar-refractivity contribution in [3.8, 4) is 11.5 Å². The van der Waals surface area contributed by atoms with Gasteiger partial charge in [-0.2, -0.15) is 0 Å². The predicted molar refractivity (Wildman–Crippen MR) is 85.6 cm³/mol. The average molecular weight is 289 g/mol. The topological polar surface area (TPSA) is 47.6 Å². The normalized spacial score (nSPS) is 10.7. The van der Waals surface area contributed by atoms with Crippen LogP contribution in [0.1, 0.15) is 19.4 Å². The van der Waals surface area contributed by atoms with Crippen LogP contribution in [0.25, 0.3) is 6.08 Å². The fourth-order valence-electron chi connectivity index (χ4n) is 1.59. The van der Waals surface area contributed by atoms with E-state index in [0.717, 1.165) is 5.56 Å². The molecule has 0 spiro atoms. The third-order valence-electron chi connectivity index (χ3n) is 2.66. The van der Waals surface area contributed by atoms with E-state index in [1.807, 2.05) is 18.2 Å². The van der Waals surface area contributed by atoms with Crippen molar-refractivity contribution in [2.24, 2.45) is 5.92 Å². The predicted octanol–water partition coefficient (Wildman–Crippen LogP) is 3.05. The molecule has 21 heavy (non-hydrogen) atoms. The molecule has 1 N–H and O–H groups in total. The molecule has 0 bridgehead atoms. The Morgan fingerprint density at radius 1 is 1.38 bits per heavy atom. The summed E-state index contributed by atoms with van der Waals surface area (Å²) in [6.45, 7) is 8.80. The first-order chi connectivity index (χ1) is 10.1. The standard InChI is InChI=1S/C17H23NO3/c1-5-10-21-15-8-6-14(11-16(15)20-4)7-9-17(19)18-12-13(2)3/h5-9,11,13H,1,10,12H2,2-4H3,(H,18,19)/b9-7+. The Balaban J connectivity index is 2.71. The van der Waals surface area contributed by atoms with E-state index in [1.165, 1.54) is 6.08 Å². The molecule has 0 saturated heterocycles. The van der Waals surface area contributed by atoms with Gasteiger partial charge < -0.3 is 14.8 Å². The van der Waals surface area contributed by atoms with Gasteiger partial charge >= 0.3 is 0 Å². The summed E-state index contributed by atoms with van der Waals surface area (Å²) in [6, 6.07) is 5.51. The van der Waals surface area contributed by atoms with Gasteiger partial charge in [-0.15, -0.1) is 0 Å². The largest absolute Gasteiger partial charge is 0.493 e. The first-order valence-electron chi connectivity index (χ1n) is 6.94. The molecule has 1 aromatic carbocycles. The highest BCUT2D eigenvalue weighted by atomic mass is 16.5. The number of rotatable bonds is 8. The van der Waals surface area contributed by atoms with Gasteiger partial charge in [-0.25, -0.2) is 0 Å². The van der Waals surface area contributed by atoms with Crippen molar-refractivity contribution in [3.05, 3.63) is 42.5 Å². The van der Waals surface area contributed by atoms with Crippen molar-refractivity contribution in [2.75, 3.05) is 20.3 Å². The smallest absolute Gasteiger partial charge is 0.244 e. The fourth-order valence-corrected chi connectivity index (χ4v) is 1.59. The van der Waals surface area contributed by atoms with E-state index in [0.29, 0.717) is 30.6 Å². The number of hydrogen-bond acceptors (Lipinski definition) is 3. The fraction of sp³-hybridized carbons (Fsp3) is 0.353. The average Bonchev–Trinajstić information content (AvgIpc) is 2.49. The monoisotopic (exact) mass is 289 g/mol. The second-order valence-electron chi connectivity index (χ2n) is 4.98. The number of methoxy groups -OCH3 is 1. The van der Waals surface area contributed by atoms with Gasteiger partial charge in [0.2, 0.25) is 5.91 Å². The van der Waals surface area contributed by atoms with Gasteiger partial charge in [0.1, 0.15) is 6.61 Å². The number of hydrogen-bond donors (Lipinski definition) is 1. The lowest BCUT2D eigenvalue weighted by atomic mass is 10.2. The maximum atomic E-state index is 11.6. The van der Waals surface area contributed by atoms with Gasteiger partial charge in [0.25, 0.3) is 0 Å². The summed E-state index contributed by atoms with van der Waals surface area (Å²) in [5.41, 5.74) is 0.873. The zero-order valence-corrected chi connectivity index (χ0v) is 12.9. The van der Waals surface area contributed by atoms with Crippen LogP contribution < -0.4 is 14.8 Å². The Hall–Kier alpha value is -2.23. The maximum absolute atomic E-state index is 11.6. The second kappa shape index (κ2) is 8.84. The second-order valence-corrected chi connectivity index (χ2v) is 4.98. The summed E-state index contributed by atoms with van der Waals surface area (Å²) < 4.78 is 10.8. The minimum Gasteiger partial charge on any atom is -0.493 e. The number of carbonyl (C=O) groups excluding carboxylic acids is 1. The van der Waals surface area contributed by atoms with Crippen LogP contribution in [0.4, 0.5) is 0 Å². The highest BCUT2D eigenvalue weighted by Gasteiger charge is 2.04. The van der Waals surface area contributed by atoms with Crippen LogP contribution in [-0.2, 0) is 4.79 Å². The highest BCUT2D eigenvalue weighted by molar-refractivity contribution is 5.91. The van der Waals surface area contributed by atoms with Crippen LogP contribution in [-0.4, -0.2) is 26.2 Å². The van der Waals surface area contributed by atoms with E-state index in [1.54, 1.807) is 19.3 Å². The van der Waals surface area contributed by atoms with Crippen LogP contribution in [0.3, 0.4) is 0 Å². The SMILES string of the molecule is C=CCOc1ccc(/C=C/C(=O)NCC(C)C)cc1OC. The lowest BCUT2D eigenvalue weighted by molar-refractivity contribution is -0.116. The van der Waals surface area contributed by atoms with E-state index >= 15 is 0 Å². The number of amides is 1. The molecule has 0 fully saturated rings. The van der Waals surface area contributed by atoms with E-state index in [2.05, 4.69) is 25.7 Å². The van der Waals surface area contributed by atoms with Crippen molar-refractivity contribution in [1.29, 1.82) is 0 Å². The highest BCUT2D eigenvalue weighted by Crippen LogP contribution is 2.28. The summed E-state index contributed by atoms with van der Waals surface area (Å²) >= 11 is 0. The minimum atomic E-state index is -0.102. The first kappa shape index (κ1) is 16.8. The Morgan fingerprint density at radius 3 is 2.76 bits per heavy atom. The van der Waals surface area contributed by atoms with Gasteiger partial charge in [0.15, 0.2) is 11.5 Å². The molecule has 0 aliphatic rings. The van der Waals surface area contributed by atoms with Crippen LogP contribution >= 0.6 is 0 Å². The van der Waals surface area contributed by atoms with Crippen LogP contribution in [0.15, 0.2) is 36.9 Å². The molecule has 4 nitrogen and oxygen atoms in total. The molecule has 1 rings (SSSR count). The minimum absolute atomic E-state index is 0.102. The van der Waals surface area contributed by atoms with Crippen LogP contribution in [0, 0.1) is 5.92 Å². The van der Waals surface area contributed by atoms with Crippen molar-refractivity contribution in [1.82, 2.24) is 5.32 Å². The van der Waals surface area contributed by atoms with E-state index < -0.39 is 0 Å². The number of benzene rings is 1. The van der Waals surface area contributed by atoms with Crippen molar-refractivity contribution < 1.29 is 14.3 Å². The Bertz CT molecular complexity index is 507. The van der Waals surface area contributed by atoms with Crippen LogP contribution in [0.2, 0.25) is 0 Å². The van der Waals surface area contributed by atoms with Gasteiger partial charge in [-0.1, -0.05) is 32.6 Å². The zero-order valence-electron chi connectivity index (χ0n) is 12.9. The van der Waals surface area contributed by atoms with Gasteiger partial charge in [-0.3, -0.25) is 4.79 Å². The molecular weight excluding hydrogens is 266 g/mol. The summed E-state index contributed by atoms with van der Waals surface area (Å²) in [7, 11) is 1.58. The zero-order chi connectivity index (χ0) is 15.7.